The zero-order valence-electron chi connectivity index (χ0n) is 11.6. The molecule has 0 aliphatic heterocycles. The van der Waals surface area contributed by atoms with Crippen molar-refractivity contribution in [3.8, 4) is 5.75 Å². The number of anilines is 2. The van der Waals surface area contributed by atoms with Crippen molar-refractivity contribution in [3.05, 3.63) is 47.8 Å². The zero-order chi connectivity index (χ0) is 15.6. The Labute approximate surface area is 122 Å². The SMILES string of the molecule is COc1cc(S(=O)(=O)Nc2ccc(F)c(C)c2)ccc1N. The van der Waals surface area contributed by atoms with Gasteiger partial charge >= 0.3 is 0 Å². The molecule has 0 heterocycles. The molecule has 0 unspecified atom stereocenters. The van der Waals surface area contributed by atoms with Gasteiger partial charge in [0.15, 0.2) is 0 Å². The Hall–Kier alpha value is -2.28. The van der Waals surface area contributed by atoms with Gasteiger partial charge in [0.2, 0.25) is 0 Å². The van der Waals surface area contributed by atoms with Crippen LogP contribution in [0.15, 0.2) is 41.3 Å². The van der Waals surface area contributed by atoms with E-state index in [-0.39, 0.29) is 16.3 Å². The number of nitrogens with one attached hydrogen (secondary N) is 1. The van der Waals surface area contributed by atoms with E-state index in [1.807, 2.05) is 0 Å². The topological polar surface area (TPSA) is 81.4 Å². The molecule has 3 N–H and O–H groups in total. The van der Waals surface area contributed by atoms with Crippen LogP contribution in [0.25, 0.3) is 0 Å². The molecule has 0 amide bonds. The molecule has 0 bridgehead atoms. The van der Waals surface area contributed by atoms with E-state index < -0.39 is 15.8 Å². The highest BCUT2D eigenvalue weighted by Gasteiger charge is 2.16. The minimum atomic E-state index is -3.80. The zero-order valence-corrected chi connectivity index (χ0v) is 12.4. The number of nitrogens with two attached hydrogens (primary N) is 1. The molecular weight excluding hydrogens is 295 g/mol. The highest BCUT2D eigenvalue weighted by molar-refractivity contribution is 7.92. The highest BCUT2D eigenvalue weighted by Crippen LogP contribution is 2.26. The lowest BCUT2D eigenvalue weighted by atomic mass is 10.2. The summed E-state index contributed by atoms with van der Waals surface area (Å²) in [4.78, 5) is 0.00975. The van der Waals surface area contributed by atoms with Crippen LogP contribution in [0.3, 0.4) is 0 Å². The van der Waals surface area contributed by atoms with Gasteiger partial charge < -0.3 is 10.5 Å². The van der Waals surface area contributed by atoms with Gasteiger partial charge in [-0.3, -0.25) is 4.72 Å². The highest BCUT2D eigenvalue weighted by atomic mass is 32.2. The molecule has 0 saturated heterocycles. The lowest BCUT2D eigenvalue weighted by Gasteiger charge is -2.11. The van der Waals surface area contributed by atoms with Crippen molar-refractivity contribution in [2.24, 2.45) is 0 Å². The van der Waals surface area contributed by atoms with Crippen LogP contribution >= 0.6 is 0 Å². The quantitative estimate of drug-likeness (QED) is 0.850. The molecule has 2 aromatic rings. The monoisotopic (exact) mass is 310 g/mol. The Balaban J connectivity index is 2.35. The summed E-state index contributed by atoms with van der Waals surface area (Å²) >= 11 is 0. The first kappa shape index (κ1) is 15.1. The van der Waals surface area contributed by atoms with Crippen LogP contribution in [0.4, 0.5) is 15.8 Å². The second-order valence-electron chi connectivity index (χ2n) is 4.47. The number of aryl methyl sites for hydroxylation is 1. The molecule has 0 fully saturated rings. The van der Waals surface area contributed by atoms with E-state index in [1.165, 1.54) is 43.5 Å². The normalized spacial score (nSPS) is 11.2. The Morgan fingerprint density at radius 3 is 2.52 bits per heavy atom. The van der Waals surface area contributed by atoms with Crippen LogP contribution in [0.5, 0.6) is 5.75 Å². The smallest absolute Gasteiger partial charge is 0.262 e. The van der Waals surface area contributed by atoms with Crippen LogP contribution in [0.2, 0.25) is 0 Å². The summed E-state index contributed by atoms with van der Waals surface area (Å²) in [6.45, 7) is 1.55. The largest absolute Gasteiger partial charge is 0.495 e. The van der Waals surface area contributed by atoms with Gasteiger partial charge in [0.25, 0.3) is 10.0 Å². The van der Waals surface area contributed by atoms with E-state index >= 15 is 0 Å². The molecule has 0 radical (unpaired) electrons. The van der Waals surface area contributed by atoms with Crippen LogP contribution in [0.1, 0.15) is 5.56 Å². The summed E-state index contributed by atoms with van der Waals surface area (Å²) in [5, 5.41) is 0. The summed E-state index contributed by atoms with van der Waals surface area (Å²) in [5.74, 6) is -0.125. The molecule has 5 nitrogen and oxygen atoms in total. The van der Waals surface area contributed by atoms with Gasteiger partial charge in [-0.2, -0.15) is 0 Å². The third kappa shape index (κ3) is 3.25. The molecule has 0 atom stereocenters. The van der Waals surface area contributed by atoms with Crippen LogP contribution < -0.4 is 15.2 Å². The fourth-order valence-electron chi connectivity index (χ4n) is 1.78. The van der Waals surface area contributed by atoms with Gasteiger partial charge in [0.1, 0.15) is 11.6 Å². The number of halogens is 1. The van der Waals surface area contributed by atoms with Crippen LogP contribution in [-0.4, -0.2) is 15.5 Å². The summed E-state index contributed by atoms with van der Waals surface area (Å²) in [7, 11) is -2.40. The fraction of sp³-hybridized carbons (Fsp3) is 0.143. The van der Waals surface area contributed by atoms with Crippen molar-refractivity contribution in [1.29, 1.82) is 0 Å². The molecule has 0 aromatic heterocycles. The number of benzene rings is 2. The summed E-state index contributed by atoms with van der Waals surface area (Å²) in [6.07, 6.45) is 0. The maximum absolute atomic E-state index is 13.2. The van der Waals surface area contributed by atoms with Gasteiger partial charge in [-0.15, -0.1) is 0 Å². The van der Waals surface area contributed by atoms with E-state index in [0.29, 0.717) is 11.3 Å². The number of sulfonamides is 1. The first-order valence-corrected chi connectivity index (χ1v) is 7.54. The molecule has 0 spiro atoms. The van der Waals surface area contributed by atoms with Crippen molar-refractivity contribution >= 4 is 21.4 Å². The van der Waals surface area contributed by atoms with E-state index in [9.17, 15) is 12.8 Å². The molecule has 2 rings (SSSR count). The Bertz CT molecular complexity index is 776. The van der Waals surface area contributed by atoms with Gasteiger partial charge in [0.05, 0.1) is 17.7 Å². The Morgan fingerprint density at radius 2 is 1.90 bits per heavy atom. The van der Waals surface area contributed by atoms with E-state index in [0.717, 1.165) is 0 Å². The summed E-state index contributed by atoms with van der Waals surface area (Å²) in [5.41, 5.74) is 6.63. The molecule has 0 aliphatic carbocycles. The van der Waals surface area contributed by atoms with Gasteiger partial charge in [-0.25, -0.2) is 12.8 Å². The number of hydrogen-bond acceptors (Lipinski definition) is 4. The Morgan fingerprint density at radius 1 is 1.19 bits per heavy atom. The molecule has 21 heavy (non-hydrogen) atoms. The summed E-state index contributed by atoms with van der Waals surface area (Å²) in [6, 6.07) is 8.13. The maximum Gasteiger partial charge on any atom is 0.262 e. The van der Waals surface area contributed by atoms with Crippen molar-refractivity contribution in [2.75, 3.05) is 17.6 Å². The third-order valence-electron chi connectivity index (χ3n) is 2.93. The number of ether oxygens (including phenoxy) is 1. The molecule has 112 valence electrons. The first-order valence-electron chi connectivity index (χ1n) is 6.06. The second-order valence-corrected chi connectivity index (χ2v) is 6.16. The average Bonchev–Trinajstić information content (AvgIpc) is 2.43. The van der Waals surface area contributed by atoms with Crippen LogP contribution in [0, 0.1) is 12.7 Å². The van der Waals surface area contributed by atoms with Crippen molar-refractivity contribution < 1.29 is 17.5 Å². The predicted octanol–water partition coefficient (Wildman–Crippen LogP) is 2.53. The number of methoxy groups -OCH3 is 1. The maximum atomic E-state index is 13.2. The number of rotatable bonds is 4. The fourth-order valence-corrected chi connectivity index (χ4v) is 2.85. The average molecular weight is 310 g/mol. The standard InChI is InChI=1S/C14H15FN2O3S/c1-9-7-10(3-5-12(9)15)17-21(18,19)11-4-6-13(16)14(8-11)20-2/h3-8,17H,16H2,1-2H3. The van der Waals surface area contributed by atoms with Gasteiger partial charge in [-0.1, -0.05) is 0 Å². The molecule has 2 aromatic carbocycles. The van der Waals surface area contributed by atoms with Gasteiger partial charge in [-0.05, 0) is 42.8 Å². The Kier molecular flexibility index (Phi) is 4.04. The lowest BCUT2D eigenvalue weighted by molar-refractivity contribution is 0.415. The predicted molar refractivity (Wildman–Crippen MR) is 79.4 cm³/mol. The van der Waals surface area contributed by atoms with E-state index in [1.54, 1.807) is 6.92 Å². The minimum Gasteiger partial charge on any atom is -0.495 e. The third-order valence-corrected chi connectivity index (χ3v) is 4.30. The number of hydrogen-bond donors (Lipinski definition) is 2. The van der Waals surface area contributed by atoms with Gasteiger partial charge in [0, 0.05) is 11.8 Å². The first-order chi connectivity index (χ1) is 9.83. The van der Waals surface area contributed by atoms with Crippen molar-refractivity contribution in [1.82, 2.24) is 0 Å². The number of nitrogen functional groups attached to an aromatic ring is 1. The summed E-state index contributed by atoms with van der Waals surface area (Å²) < 4.78 is 45.1. The molecule has 7 heteroatoms. The van der Waals surface area contributed by atoms with E-state index in [4.69, 9.17) is 10.5 Å². The van der Waals surface area contributed by atoms with Crippen molar-refractivity contribution in [3.63, 3.8) is 0 Å². The molecular formula is C14H15FN2O3S. The molecule has 0 aliphatic rings. The molecule has 0 saturated carbocycles. The van der Waals surface area contributed by atoms with Crippen LogP contribution in [-0.2, 0) is 10.0 Å². The minimum absolute atomic E-state index is 0.00975. The van der Waals surface area contributed by atoms with E-state index in [2.05, 4.69) is 4.72 Å². The van der Waals surface area contributed by atoms with Crippen molar-refractivity contribution in [2.45, 2.75) is 11.8 Å². The lowest BCUT2D eigenvalue weighted by Crippen LogP contribution is -2.13. The second kappa shape index (κ2) is 5.61.